The number of nitriles is 1. The van der Waals surface area contributed by atoms with Crippen molar-refractivity contribution in [1.29, 1.82) is 5.26 Å². The Kier molecular flexibility index (Phi) is 6.73. The fraction of sp³-hybridized carbons (Fsp3) is 0.304. The van der Waals surface area contributed by atoms with Gasteiger partial charge in [-0.2, -0.15) is 5.26 Å². The molecule has 0 saturated carbocycles. The summed E-state index contributed by atoms with van der Waals surface area (Å²) in [5.74, 6) is -0.381. The first kappa shape index (κ1) is 20.0. The molecule has 0 aliphatic heterocycles. The molecule has 1 amide bonds. The molecule has 5 heteroatoms. The molecule has 2 aromatic carbocycles. The Morgan fingerprint density at radius 3 is 2.57 bits per heavy atom. The first-order valence-corrected chi connectivity index (χ1v) is 10.0. The molecule has 4 nitrogen and oxygen atoms in total. The molecule has 0 saturated heterocycles. The molecule has 0 radical (unpaired) electrons. The number of hydrogen-bond donors (Lipinski definition) is 2. The summed E-state index contributed by atoms with van der Waals surface area (Å²) in [7, 11) is 0. The highest BCUT2D eigenvalue weighted by Crippen LogP contribution is 2.26. The van der Waals surface area contributed by atoms with E-state index in [1.807, 2.05) is 13.0 Å². The Morgan fingerprint density at radius 1 is 1.18 bits per heavy atom. The van der Waals surface area contributed by atoms with E-state index in [1.165, 1.54) is 30.2 Å². The summed E-state index contributed by atoms with van der Waals surface area (Å²) in [4.78, 5) is 12.6. The lowest BCUT2D eigenvalue weighted by atomic mass is 9.88. The van der Waals surface area contributed by atoms with E-state index in [1.54, 1.807) is 24.3 Å². The first-order valence-electron chi connectivity index (χ1n) is 9.65. The Balaban J connectivity index is 1.70. The maximum Gasteiger partial charge on any atom is 0.263 e. The molecule has 0 bridgehead atoms. The molecule has 1 aliphatic carbocycles. The number of hydrogen-bond acceptors (Lipinski definition) is 3. The molecule has 144 valence electrons. The normalized spacial score (nSPS) is 14.5. The van der Waals surface area contributed by atoms with Crippen LogP contribution in [0.3, 0.4) is 0 Å². The van der Waals surface area contributed by atoms with E-state index in [-0.39, 0.29) is 17.5 Å². The fourth-order valence-electron chi connectivity index (χ4n) is 3.48. The smallest absolute Gasteiger partial charge is 0.263 e. The van der Waals surface area contributed by atoms with Gasteiger partial charge in [-0.1, -0.05) is 36.7 Å². The third-order valence-electron chi connectivity index (χ3n) is 5.08. The molecule has 3 rings (SSSR count). The van der Waals surface area contributed by atoms with Gasteiger partial charge in [-0.15, -0.1) is 0 Å². The van der Waals surface area contributed by atoms with Crippen LogP contribution in [0.15, 0.2) is 54.2 Å². The summed E-state index contributed by atoms with van der Waals surface area (Å²) >= 11 is 5.87. The number of nitrogens with zero attached hydrogens (tertiary/aromatic N) is 1. The lowest BCUT2D eigenvalue weighted by molar-refractivity contribution is -0.117. The number of amides is 1. The van der Waals surface area contributed by atoms with Crippen LogP contribution in [0.5, 0.6) is 0 Å². The largest absolute Gasteiger partial charge is 0.360 e. The highest BCUT2D eigenvalue weighted by molar-refractivity contribution is 6.30. The molecule has 1 aliphatic rings. The average Bonchev–Trinajstić information content (AvgIpc) is 2.73. The highest BCUT2D eigenvalue weighted by Gasteiger charge is 2.18. The van der Waals surface area contributed by atoms with Crippen molar-refractivity contribution >= 4 is 23.2 Å². The van der Waals surface area contributed by atoms with Crippen LogP contribution in [-0.2, 0) is 17.6 Å². The number of carbonyl (C=O) groups excluding carboxylic acids is 1. The van der Waals surface area contributed by atoms with Gasteiger partial charge < -0.3 is 10.6 Å². The summed E-state index contributed by atoms with van der Waals surface area (Å²) in [6.45, 7) is 2.03. The fourth-order valence-corrected chi connectivity index (χ4v) is 3.60. The SMILES string of the molecule is CCC(NC(=O)/C(C#N)=C\Nc1ccc(Cl)cc1)c1ccc2c(c1)CCCC2. The van der Waals surface area contributed by atoms with Gasteiger partial charge in [-0.3, -0.25) is 4.79 Å². The van der Waals surface area contributed by atoms with Crippen molar-refractivity contribution in [3.05, 3.63) is 76.0 Å². The summed E-state index contributed by atoms with van der Waals surface area (Å²) < 4.78 is 0. The number of halogens is 1. The van der Waals surface area contributed by atoms with Gasteiger partial charge in [-0.25, -0.2) is 0 Å². The first-order chi connectivity index (χ1) is 13.6. The number of anilines is 1. The van der Waals surface area contributed by atoms with E-state index in [0.717, 1.165) is 30.5 Å². The zero-order valence-corrected chi connectivity index (χ0v) is 16.7. The standard InChI is InChI=1S/C23H24ClN3O/c1-2-22(18-8-7-16-5-3-4-6-17(16)13-18)27-23(28)19(14-25)15-26-21-11-9-20(24)10-12-21/h7-13,15,22,26H,2-6H2,1H3,(H,27,28)/b19-15-. The number of aryl methyl sites for hydroxylation is 2. The van der Waals surface area contributed by atoms with Crippen LogP contribution in [-0.4, -0.2) is 5.91 Å². The van der Waals surface area contributed by atoms with E-state index in [4.69, 9.17) is 11.6 Å². The summed E-state index contributed by atoms with van der Waals surface area (Å²) in [5.41, 5.74) is 4.69. The van der Waals surface area contributed by atoms with E-state index >= 15 is 0 Å². The zero-order chi connectivity index (χ0) is 19.9. The van der Waals surface area contributed by atoms with Crippen LogP contribution in [0.25, 0.3) is 0 Å². The van der Waals surface area contributed by atoms with Gasteiger partial charge in [0.1, 0.15) is 11.6 Å². The van der Waals surface area contributed by atoms with Gasteiger partial charge in [0, 0.05) is 16.9 Å². The molecule has 1 unspecified atom stereocenters. The molecule has 0 heterocycles. The van der Waals surface area contributed by atoms with Gasteiger partial charge in [-0.05, 0) is 73.1 Å². The van der Waals surface area contributed by atoms with E-state index in [2.05, 4.69) is 28.8 Å². The van der Waals surface area contributed by atoms with Crippen molar-refractivity contribution in [3.8, 4) is 6.07 Å². The van der Waals surface area contributed by atoms with Crippen molar-refractivity contribution in [2.24, 2.45) is 0 Å². The van der Waals surface area contributed by atoms with Gasteiger partial charge in [0.2, 0.25) is 0 Å². The maximum atomic E-state index is 12.6. The Morgan fingerprint density at radius 2 is 1.89 bits per heavy atom. The molecule has 0 fully saturated rings. The molecule has 28 heavy (non-hydrogen) atoms. The third-order valence-corrected chi connectivity index (χ3v) is 5.33. The van der Waals surface area contributed by atoms with E-state index < -0.39 is 0 Å². The minimum absolute atomic E-state index is 0.0337. The Hall–Kier alpha value is -2.77. The van der Waals surface area contributed by atoms with Crippen LogP contribution in [0, 0.1) is 11.3 Å². The number of carbonyl (C=O) groups is 1. The van der Waals surface area contributed by atoms with E-state index in [9.17, 15) is 10.1 Å². The van der Waals surface area contributed by atoms with Crippen molar-refractivity contribution in [2.75, 3.05) is 5.32 Å². The van der Waals surface area contributed by atoms with Gasteiger partial charge >= 0.3 is 0 Å². The quantitative estimate of drug-likeness (QED) is 0.516. The number of nitrogens with one attached hydrogen (secondary N) is 2. The van der Waals surface area contributed by atoms with Crippen LogP contribution in [0.1, 0.15) is 48.9 Å². The van der Waals surface area contributed by atoms with Gasteiger partial charge in [0.05, 0.1) is 6.04 Å². The predicted molar refractivity (Wildman–Crippen MR) is 113 cm³/mol. The predicted octanol–water partition coefficient (Wildman–Crippen LogP) is 5.31. The maximum absolute atomic E-state index is 12.6. The molecule has 2 N–H and O–H groups in total. The minimum atomic E-state index is -0.381. The minimum Gasteiger partial charge on any atom is -0.360 e. The Bertz CT molecular complexity index is 912. The van der Waals surface area contributed by atoms with Crippen LogP contribution in [0.2, 0.25) is 5.02 Å². The zero-order valence-electron chi connectivity index (χ0n) is 16.0. The van der Waals surface area contributed by atoms with E-state index in [0.29, 0.717) is 5.02 Å². The van der Waals surface area contributed by atoms with Crippen LogP contribution in [0.4, 0.5) is 5.69 Å². The van der Waals surface area contributed by atoms with Crippen molar-refractivity contribution in [1.82, 2.24) is 5.32 Å². The molecule has 1 atom stereocenters. The summed E-state index contributed by atoms with van der Waals surface area (Å²) in [5, 5.41) is 16.0. The number of rotatable bonds is 6. The van der Waals surface area contributed by atoms with Gasteiger partial charge in [0.15, 0.2) is 0 Å². The number of benzene rings is 2. The summed E-state index contributed by atoms with van der Waals surface area (Å²) in [6, 6.07) is 15.4. The molecule has 0 aromatic heterocycles. The lowest BCUT2D eigenvalue weighted by Gasteiger charge is -2.21. The van der Waals surface area contributed by atoms with Crippen molar-refractivity contribution in [3.63, 3.8) is 0 Å². The highest BCUT2D eigenvalue weighted by atomic mass is 35.5. The second kappa shape index (κ2) is 9.43. The van der Waals surface area contributed by atoms with Gasteiger partial charge in [0.25, 0.3) is 5.91 Å². The lowest BCUT2D eigenvalue weighted by Crippen LogP contribution is -2.29. The topological polar surface area (TPSA) is 64.9 Å². The Labute approximate surface area is 171 Å². The number of fused-ring (bicyclic) bond motifs is 1. The second-order valence-electron chi connectivity index (χ2n) is 6.99. The third kappa shape index (κ3) is 4.94. The van der Waals surface area contributed by atoms with Crippen molar-refractivity contribution < 1.29 is 4.79 Å². The van der Waals surface area contributed by atoms with Crippen LogP contribution < -0.4 is 10.6 Å². The summed E-state index contributed by atoms with van der Waals surface area (Å²) in [6.07, 6.45) is 6.89. The molecular weight excluding hydrogens is 370 g/mol. The molecular formula is C23H24ClN3O. The van der Waals surface area contributed by atoms with Crippen molar-refractivity contribution in [2.45, 2.75) is 45.1 Å². The monoisotopic (exact) mass is 393 g/mol. The van der Waals surface area contributed by atoms with Crippen LogP contribution >= 0.6 is 11.6 Å². The average molecular weight is 394 g/mol. The second-order valence-corrected chi connectivity index (χ2v) is 7.43. The molecule has 0 spiro atoms. The molecule has 2 aromatic rings.